The van der Waals surface area contributed by atoms with Crippen molar-refractivity contribution in [2.45, 2.75) is 52.2 Å². The SMILES string of the molecule is C[C@H]1CCCN1C(=O)c1ccc2cc(OC/C(=C/F)CNC(=O)OC(C)(C)C)ccc2n1. The van der Waals surface area contributed by atoms with E-state index in [1.54, 1.807) is 45.0 Å². The van der Waals surface area contributed by atoms with Crippen LogP contribution in [0.25, 0.3) is 10.9 Å². The molecule has 0 radical (unpaired) electrons. The van der Waals surface area contributed by atoms with E-state index in [-0.39, 0.29) is 30.7 Å². The zero-order valence-electron chi connectivity index (χ0n) is 19.0. The molecule has 2 amide bonds. The molecule has 7 nitrogen and oxygen atoms in total. The Morgan fingerprint density at radius 1 is 1.28 bits per heavy atom. The maximum absolute atomic E-state index is 13.2. The van der Waals surface area contributed by atoms with Crippen molar-refractivity contribution >= 4 is 22.9 Å². The number of nitrogens with one attached hydrogen (secondary N) is 1. The Morgan fingerprint density at radius 2 is 2.06 bits per heavy atom. The van der Waals surface area contributed by atoms with E-state index in [0.29, 0.717) is 23.3 Å². The first-order valence-corrected chi connectivity index (χ1v) is 10.8. The Labute approximate surface area is 187 Å². The number of carbonyl (C=O) groups excluding carboxylic acids is 2. The zero-order valence-corrected chi connectivity index (χ0v) is 19.0. The van der Waals surface area contributed by atoms with Gasteiger partial charge in [0.1, 0.15) is 23.7 Å². The highest BCUT2D eigenvalue weighted by Crippen LogP contribution is 2.23. The van der Waals surface area contributed by atoms with Crippen LogP contribution in [0.1, 0.15) is 51.0 Å². The van der Waals surface area contributed by atoms with Gasteiger partial charge >= 0.3 is 6.09 Å². The number of fused-ring (bicyclic) bond motifs is 1. The fraction of sp³-hybridized carbons (Fsp3) is 0.458. The molecule has 1 atom stereocenters. The van der Waals surface area contributed by atoms with Crippen LogP contribution in [0.2, 0.25) is 0 Å². The number of rotatable bonds is 6. The number of hydrogen-bond donors (Lipinski definition) is 1. The summed E-state index contributed by atoms with van der Waals surface area (Å²) >= 11 is 0. The number of hydrogen-bond acceptors (Lipinski definition) is 5. The lowest BCUT2D eigenvalue weighted by Crippen LogP contribution is -2.34. The molecule has 2 aromatic rings. The van der Waals surface area contributed by atoms with Crippen LogP contribution < -0.4 is 10.1 Å². The third-order valence-electron chi connectivity index (χ3n) is 5.13. The highest BCUT2D eigenvalue weighted by molar-refractivity contribution is 5.95. The number of pyridine rings is 1. The number of ether oxygens (including phenoxy) is 2. The Hall–Kier alpha value is -3.16. The molecule has 1 aromatic carbocycles. The molecule has 1 aromatic heterocycles. The van der Waals surface area contributed by atoms with Gasteiger partial charge in [0.2, 0.25) is 0 Å². The van der Waals surface area contributed by atoms with Gasteiger partial charge in [0, 0.05) is 30.1 Å². The Kier molecular flexibility index (Phi) is 7.33. The smallest absolute Gasteiger partial charge is 0.407 e. The number of likely N-dealkylation sites (tertiary alicyclic amines) is 1. The molecular formula is C24H30FN3O4. The monoisotopic (exact) mass is 443 g/mol. The first-order chi connectivity index (χ1) is 15.2. The van der Waals surface area contributed by atoms with Gasteiger partial charge < -0.3 is 19.7 Å². The van der Waals surface area contributed by atoms with Gasteiger partial charge in [-0.2, -0.15) is 0 Å². The fourth-order valence-electron chi connectivity index (χ4n) is 3.49. The van der Waals surface area contributed by atoms with Crippen LogP contribution in [0.5, 0.6) is 5.75 Å². The van der Waals surface area contributed by atoms with Crippen molar-refractivity contribution in [2.24, 2.45) is 0 Å². The lowest BCUT2D eigenvalue weighted by atomic mass is 10.1. The molecular weight excluding hydrogens is 413 g/mol. The third kappa shape index (κ3) is 6.18. The van der Waals surface area contributed by atoms with Crippen molar-refractivity contribution in [3.63, 3.8) is 0 Å². The molecule has 1 aliphatic rings. The van der Waals surface area contributed by atoms with Crippen molar-refractivity contribution in [3.05, 3.63) is 47.9 Å². The van der Waals surface area contributed by atoms with Crippen molar-refractivity contribution in [3.8, 4) is 5.75 Å². The van der Waals surface area contributed by atoms with Gasteiger partial charge in [0.05, 0.1) is 11.8 Å². The predicted molar refractivity (Wildman–Crippen MR) is 120 cm³/mol. The molecule has 0 unspecified atom stereocenters. The molecule has 0 saturated carbocycles. The topological polar surface area (TPSA) is 80.8 Å². The second kappa shape index (κ2) is 9.97. The maximum Gasteiger partial charge on any atom is 0.407 e. The summed E-state index contributed by atoms with van der Waals surface area (Å²) in [6.45, 7) is 8.01. The lowest BCUT2D eigenvalue weighted by molar-refractivity contribution is 0.0531. The van der Waals surface area contributed by atoms with Crippen LogP contribution in [0.15, 0.2) is 42.2 Å². The van der Waals surface area contributed by atoms with Crippen molar-refractivity contribution in [1.82, 2.24) is 15.2 Å². The van der Waals surface area contributed by atoms with E-state index in [2.05, 4.69) is 17.2 Å². The van der Waals surface area contributed by atoms with E-state index in [4.69, 9.17) is 9.47 Å². The van der Waals surface area contributed by atoms with E-state index >= 15 is 0 Å². The number of alkyl carbamates (subject to hydrolysis) is 1. The molecule has 1 saturated heterocycles. The van der Waals surface area contributed by atoms with Gasteiger partial charge in [0.25, 0.3) is 5.91 Å². The molecule has 3 rings (SSSR count). The van der Waals surface area contributed by atoms with Crippen molar-refractivity contribution < 1.29 is 23.5 Å². The number of aromatic nitrogens is 1. The van der Waals surface area contributed by atoms with Crippen LogP contribution >= 0.6 is 0 Å². The number of amides is 2. The van der Waals surface area contributed by atoms with E-state index in [9.17, 15) is 14.0 Å². The molecule has 172 valence electrons. The average molecular weight is 444 g/mol. The molecule has 32 heavy (non-hydrogen) atoms. The summed E-state index contributed by atoms with van der Waals surface area (Å²) in [5.74, 6) is 0.482. The molecule has 0 spiro atoms. The molecule has 1 N–H and O–H groups in total. The predicted octanol–water partition coefficient (Wildman–Crippen LogP) is 4.62. The largest absolute Gasteiger partial charge is 0.489 e. The zero-order chi connectivity index (χ0) is 23.3. The molecule has 8 heteroatoms. The van der Waals surface area contributed by atoms with E-state index in [1.165, 1.54) is 0 Å². The first-order valence-electron chi connectivity index (χ1n) is 10.8. The third-order valence-corrected chi connectivity index (χ3v) is 5.13. The van der Waals surface area contributed by atoms with Gasteiger partial charge in [-0.05, 0) is 64.8 Å². The highest BCUT2D eigenvalue weighted by Gasteiger charge is 2.26. The van der Waals surface area contributed by atoms with Crippen molar-refractivity contribution in [1.29, 1.82) is 0 Å². The van der Waals surface area contributed by atoms with Crippen LogP contribution in [-0.4, -0.2) is 53.2 Å². The number of carbonyl (C=O) groups is 2. The Bertz CT molecular complexity index is 1020. The highest BCUT2D eigenvalue weighted by atomic mass is 19.1. The van der Waals surface area contributed by atoms with Gasteiger partial charge in [-0.3, -0.25) is 4.79 Å². The van der Waals surface area contributed by atoms with E-state index < -0.39 is 11.7 Å². The quantitative estimate of drug-likeness (QED) is 0.705. The Morgan fingerprint density at radius 3 is 2.72 bits per heavy atom. The summed E-state index contributed by atoms with van der Waals surface area (Å²) in [4.78, 5) is 30.8. The second-order valence-electron chi connectivity index (χ2n) is 8.95. The minimum atomic E-state index is -0.628. The Balaban J connectivity index is 1.59. The van der Waals surface area contributed by atoms with Crippen LogP contribution in [0.3, 0.4) is 0 Å². The second-order valence-corrected chi connectivity index (χ2v) is 8.95. The molecule has 1 fully saturated rings. The number of halogens is 1. The van der Waals surface area contributed by atoms with Gasteiger partial charge in [-0.1, -0.05) is 6.07 Å². The summed E-state index contributed by atoms with van der Waals surface area (Å²) in [6, 6.07) is 9.06. The summed E-state index contributed by atoms with van der Waals surface area (Å²) in [5, 5.41) is 3.31. The van der Waals surface area contributed by atoms with Crippen LogP contribution in [0, 0.1) is 0 Å². The first kappa shape index (κ1) is 23.5. The summed E-state index contributed by atoms with van der Waals surface area (Å²) in [5.41, 5.74) is 0.740. The minimum Gasteiger partial charge on any atom is -0.489 e. The molecule has 0 bridgehead atoms. The molecule has 2 heterocycles. The maximum atomic E-state index is 13.2. The van der Waals surface area contributed by atoms with Gasteiger partial charge in [0.15, 0.2) is 0 Å². The van der Waals surface area contributed by atoms with Crippen LogP contribution in [0.4, 0.5) is 9.18 Å². The number of benzene rings is 1. The summed E-state index contributed by atoms with van der Waals surface area (Å²) in [7, 11) is 0. The van der Waals surface area contributed by atoms with Crippen LogP contribution in [-0.2, 0) is 4.74 Å². The van der Waals surface area contributed by atoms with Gasteiger partial charge in [-0.15, -0.1) is 0 Å². The summed E-state index contributed by atoms with van der Waals surface area (Å²) in [6.07, 6.45) is 1.83. The fourth-order valence-corrected chi connectivity index (χ4v) is 3.49. The van der Waals surface area contributed by atoms with Crippen molar-refractivity contribution in [2.75, 3.05) is 19.7 Å². The molecule has 0 aliphatic carbocycles. The normalized spacial score (nSPS) is 16.8. The van der Waals surface area contributed by atoms with E-state index in [0.717, 1.165) is 24.8 Å². The van der Waals surface area contributed by atoms with Gasteiger partial charge in [-0.25, -0.2) is 14.2 Å². The molecule has 1 aliphatic heterocycles. The van der Waals surface area contributed by atoms with E-state index in [1.807, 2.05) is 11.0 Å². The summed E-state index contributed by atoms with van der Waals surface area (Å²) < 4.78 is 24.0. The minimum absolute atomic E-state index is 0.0268. The standard InChI is InChI=1S/C24H30FN3O4/c1-16-6-5-11-28(16)22(29)21-9-7-18-12-19(8-10-20(18)27-21)31-15-17(13-25)14-26-23(30)32-24(2,3)4/h7-10,12-13,16H,5-6,11,14-15H2,1-4H3,(H,26,30)/b17-13+/t16-/m0/s1. The average Bonchev–Trinajstić information content (AvgIpc) is 3.17. The lowest BCUT2D eigenvalue weighted by Gasteiger charge is -2.21. The number of nitrogens with zero attached hydrogens (tertiary/aromatic N) is 2.